The van der Waals surface area contributed by atoms with E-state index in [1.807, 2.05) is 0 Å². The molecule has 0 aromatic heterocycles. The molecule has 1 N–H and O–H groups in total. The summed E-state index contributed by atoms with van der Waals surface area (Å²) in [6.07, 6.45) is 1.70. The minimum atomic E-state index is -0.360. The summed E-state index contributed by atoms with van der Waals surface area (Å²) in [6.45, 7) is 3.48. The number of rotatable bonds is 2. The highest BCUT2D eigenvalue weighted by molar-refractivity contribution is 6.03. The van der Waals surface area contributed by atoms with E-state index in [9.17, 15) is 9.18 Å². The maximum Gasteiger partial charge on any atom is 0.250 e. The van der Waals surface area contributed by atoms with Gasteiger partial charge in [-0.1, -0.05) is 12.1 Å². The number of allylic oxidation sites excluding steroid dienone is 1. The van der Waals surface area contributed by atoms with Gasteiger partial charge in [-0.2, -0.15) is 0 Å². The number of carbonyl (C=O) groups excluding carboxylic acids is 1. The Bertz CT molecular complexity index is 371. The number of nitrogens with one attached hydrogen (secondary N) is 1. The minimum Gasteiger partial charge on any atom is -0.322 e. The highest BCUT2D eigenvalue weighted by Crippen LogP contribution is 2.10. The zero-order chi connectivity index (χ0) is 10.6. The minimum absolute atomic E-state index is 0.210. The van der Waals surface area contributed by atoms with Crippen molar-refractivity contribution in [2.45, 2.75) is 13.8 Å². The molecular weight excluding hydrogens is 181 g/mol. The molecule has 0 fully saturated rings. The van der Waals surface area contributed by atoms with Crippen LogP contribution in [-0.4, -0.2) is 5.91 Å². The Morgan fingerprint density at radius 3 is 2.79 bits per heavy atom. The molecule has 74 valence electrons. The molecule has 1 aromatic carbocycles. The summed E-state index contributed by atoms with van der Waals surface area (Å²) >= 11 is 0. The van der Waals surface area contributed by atoms with Gasteiger partial charge in [-0.3, -0.25) is 4.79 Å². The van der Waals surface area contributed by atoms with Crippen LogP contribution < -0.4 is 5.32 Å². The van der Waals surface area contributed by atoms with Crippen LogP contribution in [0.5, 0.6) is 0 Å². The topological polar surface area (TPSA) is 29.1 Å². The van der Waals surface area contributed by atoms with Gasteiger partial charge in [0.05, 0.1) is 0 Å². The summed E-state index contributed by atoms with van der Waals surface area (Å²) in [5, 5.41) is 2.59. The molecule has 0 aliphatic heterocycles. The molecule has 0 aliphatic carbocycles. The lowest BCUT2D eigenvalue weighted by Gasteiger charge is -2.04. The van der Waals surface area contributed by atoms with Crippen LogP contribution in [0.4, 0.5) is 10.1 Å². The van der Waals surface area contributed by atoms with Crippen molar-refractivity contribution in [2.75, 3.05) is 5.32 Å². The van der Waals surface area contributed by atoms with Crippen molar-refractivity contribution in [1.82, 2.24) is 0 Å². The fraction of sp³-hybridized carbons (Fsp3) is 0.182. The van der Waals surface area contributed by atoms with E-state index in [2.05, 4.69) is 5.32 Å². The van der Waals surface area contributed by atoms with Gasteiger partial charge in [0.1, 0.15) is 5.82 Å². The van der Waals surface area contributed by atoms with Crippen molar-refractivity contribution < 1.29 is 9.18 Å². The van der Waals surface area contributed by atoms with Crippen LogP contribution >= 0.6 is 0 Å². The summed E-state index contributed by atoms with van der Waals surface area (Å²) in [7, 11) is 0. The molecule has 0 radical (unpaired) electrons. The van der Waals surface area contributed by atoms with Crippen LogP contribution in [0, 0.1) is 5.82 Å². The highest BCUT2D eigenvalue weighted by atomic mass is 19.1. The van der Waals surface area contributed by atoms with Gasteiger partial charge in [0, 0.05) is 11.3 Å². The van der Waals surface area contributed by atoms with Gasteiger partial charge in [0.15, 0.2) is 0 Å². The molecule has 0 aliphatic rings. The third kappa shape index (κ3) is 2.69. The molecule has 0 saturated heterocycles. The fourth-order valence-electron chi connectivity index (χ4n) is 0.927. The van der Waals surface area contributed by atoms with E-state index in [0.29, 0.717) is 11.3 Å². The SMILES string of the molecule is C/C=C(\C)C(=O)Nc1cccc(F)c1. The molecule has 0 bridgehead atoms. The second-order valence-corrected chi connectivity index (χ2v) is 2.94. The number of benzene rings is 1. The summed E-state index contributed by atoms with van der Waals surface area (Å²) in [4.78, 5) is 11.4. The second kappa shape index (κ2) is 4.56. The first-order valence-corrected chi connectivity index (χ1v) is 4.33. The predicted molar refractivity (Wildman–Crippen MR) is 54.5 cm³/mol. The van der Waals surface area contributed by atoms with E-state index >= 15 is 0 Å². The average Bonchev–Trinajstić information content (AvgIpc) is 2.16. The second-order valence-electron chi connectivity index (χ2n) is 2.94. The number of carbonyl (C=O) groups is 1. The molecule has 0 spiro atoms. The largest absolute Gasteiger partial charge is 0.322 e. The number of amides is 1. The first kappa shape index (κ1) is 10.4. The molecule has 1 aromatic rings. The van der Waals surface area contributed by atoms with E-state index < -0.39 is 0 Å². The average molecular weight is 193 g/mol. The van der Waals surface area contributed by atoms with Crippen LogP contribution in [-0.2, 0) is 4.79 Å². The maximum absolute atomic E-state index is 12.7. The van der Waals surface area contributed by atoms with E-state index in [-0.39, 0.29) is 11.7 Å². The molecule has 1 rings (SSSR count). The van der Waals surface area contributed by atoms with Crippen LogP contribution in [0.2, 0.25) is 0 Å². The Labute approximate surface area is 82.4 Å². The Hall–Kier alpha value is -1.64. The zero-order valence-corrected chi connectivity index (χ0v) is 8.17. The zero-order valence-electron chi connectivity index (χ0n) is 8.17. The van der Waals surface area contributed by atoms with E-state index in [1.54, 1.807) is 32.1 Å². The molecule has 0 unspecified atom stereocenters. The van der Waals surface area contributed by atoms with Gasteiger partial charge in [0.2, 0.25) is 0 Å². The summed E-state index contributed by atoms with van der Waals surface area (Å²) in [6, 6.07) is 5.80. The van der Waals surface area contributed by atoms with Crippen LogP contribution in [0.1, 0.15) is 13.8 Å². The molecular formula is C11H12FNO. The summed E-state index contributed by atoms with van der Waals surface area (Å²) in [5.41, 5.74) is 1.07. The van der Waals surface area contributed by atoms with Gasteiger partial charge >= 0.3 is 0 Å². The monoisotopic (exact) mass is 193 g/mol. The van der Waals surface area contributed by atoms with E-state index in [0.717, 1.165) is 0 Å². The number of hydrogen-bond donors (Lipinski definition) is 1. The molecule has 1 amide bonds. The molecule has 2 nitrogen and oxygen atoms in total. The van der Waals surface area contributed by atoms with Crippen molar-refractivity contribution >= 4 is 11.6 Å². The van der Waals surface area contributed by atoms with Crippen molar-refractivity contribution in [1.29, 1.82) is 0 Å². The molecule has 3 heteroatoms. The maximum atomic E-state index is 12.7. The number of hydrogen-bond acceptors (Lipinski definition) is 1. The van der Waals surface area contributed by atoms with Gasteiger partial charge < -0.3 is 5.32 Å². The molecule has 0 saturated carbocycles. The van der Waals surface area contributed by atoms with Crippen molar-refractivity contribution in [3.8, 4) is 0 Å². The first-order valence-electron chi connectivity index (χ1n) is 4.33. The predicted octanol–water partition coefficient (Wildman–Crippen LogP) is 2.73. The number of anilines is 1. The van der Waals surface area contributed by atoms with Crippen LogP contribution in [0.25, 0.3) is 0 Å². The van der Waals surface area contributed by atoms with Crippen LogP contribution in [0.3, 0.4) is 0 Å². The summed E-state index contributed by atoms with van der Waals surface area (Å²) in [5.74, 6) is -0.570. The molecule has 0 heterocycles. The van der Waals surface area contributed by atoms with Crippen LogP contribution in [0.15, 0.2) is 35.9 Å². The van der Waals surface area contributed by atoms with Crippen molar-refractivity contribution in [3.63, 3.8) is 0 Å². The van der Waals surface area contributed by atoms with Crippen molar-refractivity contribution in [3.05, 3.63) is 41.7 Å². The molecule has 0 atom stereocenters. The quantitative estimate of drug-likeness (QED) is 0.719. The number of halogens is 1. The van der Waals surface area contributed by atoms with E-state index in [4.69, 9.17) is 0 Å². The van der Waals surface area contributed by atoms with Crippen molar-refractivity contribution in [2.24, 2.45) is 0 Å². The van der Waals surface area contributed by atoms with Gasteiger partial charge in [0.25, 0.3) is 5.91 Å². The standard InChI is InChI=1S/C11H12FNO/c1-3-8(2)11(14)13-10-6-4-5-9(12)7-10/h3-7H,1-2H3,(H,13,14)/b8-3+. The summed E-state index contributed by atoms with van der Waals surface area (Å²) < 4.78 is 12.7. The van der Waals surface area contributed by atoms with Gasteiger partial charge in [-0.25, -0.2) is 4.39 Å². The first-order chi connectivity index (χ1) is 6.63. The highest BCUT2D eigenvalue weighted by Gasteiger charge is 2.03. The Morgan fingerprint density at radius 1 is 1.50 bits per heavy atom. The molecule has 14 heavy (non-hydrogen) atoms. The lowest BCUT2D eigenvalue weighted by molar-refractivity contribution is -0.112. The smallest absolute Gasteiger partial charge is 0.250 e. The third-order valence-corrected chi connectivity index (χ3v) is 1.87. The van der Waals surface area contributed by atoms with E-state index in [1.165, 1.54) is 12.1 Å². The Morgan fingerprint density at radius 2 is 2.21 bits per heavy atom. The Kier molecular flexibility index (Phi) is 3.40. The Balaban J connectivity index is 2.75. The lowest BCUT2D eigenvalue weighted by Crippen LogP contribution is -2.12. The third-order valence-electron chi connectivity index (χ3n) is 1.87. The van der Waals surface area contributed by atoms with Gasteiger partial charge in [-0.15, -0.1) is 0 Å². The normalized spacial score (nSPS) is 11.2. The lowest BCUT2D eigenvalue weighted by atomic mass is 10.2. The van der Waals surface area contributed by atoms with Gasteiger partial charge in [-0.05, 0) is 32.0 Å². The fourth-order valence-corrected chi connectivity index (χ4v) is 0.927.